The van der Waals surface area contributed by atoms with Gasteiger partial charge in [-0.05, 0) is 0 Å². The van der Waals surface area contributed by atoms with Crippen molar-refractivity contribution in [2.45, 2.75) is 76.4 Å². The van der Waals surface area contributed by atoms with Gasteiger partial charge in [-0.3, -0.25) is 0 Å². The first-order chi connectivity index (χ1) is 6.79. The van der Waals surface area contributed by atoms with Gasteiger partial charge in [-0.25, -0.2) is 0 Å². The van der Waals surface area contributed by atoms with Gasteiger partial charge in [0.15, 0.2) is 0 Å². The molecular formula is C12H24B2. The molecule has 0 spiro atoms. The lowest BCUT2D eigenvalue weighted by molar-refractivity contribution is 0.822. The Balaban J connectivity index is 1.85. The molecule has 0 bridgehead atoms. The summed E-state index contributed by atoms with van der Waals surface area (Å²) in [6, 6.07) is 0. The van der Waals surface area contributed by atoms with E-state index >= 15 is 0 Å². The summed E-state index contributed by atoms with van der Waals surface area (Å²) in [4.78, 5) is 0. The molecule has 2 rings (SSSR count). The van der Waals surface area contributed by atoms with E-state index in [4.69, 9.17) is 0 Å². The molecule has 2 heterocycles. The van der Waals surface area contributed by atoms with Gasteiger partial charge in [0.05, 0.1) is 0 Å². The summed E-state index contributed by atoms with van der Waals surface area (Å²) < 4.78 is 0. The fraction of sp³-hybridized carbons (Fsp3) is 1.00. The first-order valence-corrected chi connectivity index (χ1v) is 6.79. The van der Waals surface area contributed by atoms with Crippen LogP contribution in [-0.2, 0) is 0 Å². The van der Waals surface area contributed by atoms with Crippen LogP contribution in [0.3, 0.4) is 0 Å². The van der Waals surface area contributed by atoms with Crippen LogP contribution in [0.25, 0.3) is 0 Å². The van der Waals surface area contributed by atoms with Crippen molar-refractivity contribution in [3.8, 4) is 0 Å². The summed E-state index contributed by atoms with van der Waals surface area (Å²) >= 11 is 0. The smallest absolute Gasteiger partial charge is 0.0740 e. The Morgan fingerprint density at radius 2 is 0.929 bits per heavy atom. The second kappa shape index (κ2) is 4.77. The summed E-state index contributed by atoms with van der Waals surface area (Å²) in [5, 5.41) is 0. The molecule has 0 saturated carbocycles. The van der Waals surface area contributed by atoms with Crippen molar-refractivity contribution >= 4 is 13.4 Å². The largest absolute Gasteiger partial charge is 0.142 e. The van der Waals surface area contributed by atoms with Crippen molar-refractivity contribution in [3.05, 3.63) is 0 Å². The zero-order chi connectivity index (χ0) is 9.97. The Labute approximate surface area is 90.4 Å². The molecule has 0 aromatic rings. The summed E-state index contributed by atoms with van der Waals surface area (Å²) in [6.07, 6.45) is 12.1. The van der Waals surface area contributed by atoms with Crippen LogP contribution in [0.5, 0.6) is 0 Å². The fourth-order valence-electron chi connectivity index (χ4n) is 3.82. The zero-order valence-corrected chi connectivity index (χ0v) is 9.97. The maximum absolute atomic E-state index is 2.53. The third kappa shape index (κ3) is 2.20. The third-order valence-electron chi connectivity index (χ3n) is 5.12. The number of rotatable bonds is 3. The Bertz CT molecular complexity index is 149. The molecule has 0 aromatic heterocycles. The molecule has 2 aliphatic heterocycles. The highest BCUT2D eigenvalue weighted by Crippen LogP contribution is 2.41. The topological polar surface area (TPSA) is 0 Å². The van der Waals surface area contributed by atoms with Gasteiger partial charge < -0.3 is 0 Å². The molecule has 2 fully saturated rings. The van der Waals surface area contributed by atoms with Gasteiger partial charge in [-0.2, -0.15) is 0 Å². The van der Waals surface area contributed by atoms with Crippen LogP contribution >= 0.6 is 0 Å². The van der Waals surface area contributed by atoms with Crippen molar-refractivity contribution in [1.29, 1.82) is 0 Å². The summed E-state index contributed by atoms with van der Waals surface area (Å²) in [5.41, 5.74) is 0. The van der Waals surface area contributed by atoms with Crippen LogP contribution in [0.15, 0.2) is 0 Å². The van der Waals surface area contributed by atoms with E-state index in [1.54, 1.807) is 0 Å². The second-order valence-corrected chi connectivity index (χ2v) is 5.81. The van der Waals surface area contributed by atoms with Crippen molar-refractivity contribution in [2.24, 2.45) is 0 Å². The predicted octanol–water partition coefficient (Wildman–Crippen LogP) is 4.34. The van der Waals surface area contributed by atoms with Gasteiger partial charge in [0.25, 0.3) is 0 Å². The minimum Gasteiger partial charge on any atom is -0.0740 e. The number of hydrogen-bond acceptors (Lipinski definition) is 0. The Morgan fingerprint density at radius 3 is 1.21 bits per heavy atom. The lowest BCUT2D eigenvalue weighted by atomic mass is 9.27. The molecular weight excluding hydrogens is 166 g/mol. The molecule has 2 aliphatic rings. The van der Waals surface area contributed by atoms with Gasteiger partial charge in [-0.1, -0.05) is 76.4 Å². The molecule has 0 radical (unpaired) electrons. The van der Waals surface area contributed by atoms with Crippen LogP contribution in [-0.4, -0.2) is 13.4 Å². The fourth-order valence-corrected chi connectivity index (χ4v) is 3.82. The molecule has 2 heteroatoms. The van der Waals surface area contributed by atoms with Gasteiger partial charge in [-0.15, -0.1) is 0 Å². The highest BCUT2D eigenvalue weighted by molar-refractivity contribution is 6.67. The minimum absolute atomic E-state index is 1.00. The Hall–Kier alpha value is 0.130. The van der Waals surface area contributed by atoms with Crippen molar-refractivity contribution in [1.82, 2.24) is 0 Å². The van der Waals surface area contributed by atoms with E-state index in [2.05, 4.69) is 13.8 Å². The monoisotopic (exact) mass is 190 g/mol. The van der Waals surface area contributed by atoms with Crippen molar-refractivity contribution in [2.75, 3.05) is 0 Å². The highest BCUT2D eigenvalue weighted by atomic mass is 14.1. The minimum atomic E-state index is 1.00. The van der Waals surface area contributed by atoms with Gasteiger partial charge in [0.2, 0.25) is 0 Å². The normalized spacial score (nSPS) is 27.0. The van der Waals surface area contributed by atoms with E-state index in [0.29, 0.717) is 0 Å². The predicted molar refractivity (Wildman–Crippen MR) is 68.1 cm³/mol. The third-order valence-corrected chi connectivity index (χ3v) is 5.12. The van der Waals surface area contributed by atoms with Crippen molar-refractivity contribution < 1.29 is 0 Å². The molecule has 0 amide bonds. The van der Waals surface area contributed by atoms with Crippen LogP contribution in [0, 0.1) is 0 Å². The molecule has 2 atom stereocenters. The van der Waals surface area contributed by atoms with E-state index in [0.717, 1.165) is 25.1 Å². The van der Waals surface area contributed by atoms with E-state index in [1.165, 1.54) is 51.0 Å². The zero-order valence-electron chi connectivity index (χ0n) is 9.97. The Morgan fingerprint density at radius 1 is 0.643 bits per heavy atom. The number of hydrogen-bond donors (Lipinski definition) is 0. The van der Waals surface area contributed by atoms with Crippen LogP contribution in [0.1, 0.15) is 39.5 Å². The van der Waals surface area contributed by atoms with E-state index in [9.17, 15) is 0 Å². The molecule has 78 valence electrons. The summed E-state index contributed by atoms with van der Waals surface area (Å²) in [7, 11) is 0. The highest BCUT2D eigenvalue weighted by Gasteiger charge is 2.34. The summed E-state index contributed by atoms with van der Waals surface area (Å²) in [5.74, 6) is 2.00. The second-order valence-electron chi connectivity index (χ2n) is 5.81. The quantitative estimate of drug-likeness (QED) is 0.580. The van der Waals surface area contributed by atoms with Gasteiger partial charge in [0, 0.05) is 0 Å². The summed E-state index contributed by atoms with van der Waals surface area (Å²) in [6.45, 7) is 7.20. The molecule has 2 saturated heterocycles. The lowest BCUT2D eigenvalue weighted by Crippen LogP contribution is -2.25. The molecule has 0 nitrogen and oxygen atoms in total. The average molecular weight is 190 g/mol. The van der Waals surface area contributed by atoms with Gasteiger partial charge in [0.1, 0.15) is 13.4 Å². The Kier molecular flexibility index (Phi) is 3.62. The van der Waals surface area contributed by atoms with Crippen LogP contribution in [0.4, 0.5) is 0 Å². The van der Waals surface area contributed by atoms with Crippen LogP contribution in [0.2, 0.25) is 36.9 Å². The van der Waals surface area contributed by atoms with Crippen LogP contribution < -0.4 is 0 Å². The van der Waals surface area contributed by atoms with Crippen molar-refractivity contribution in [3.63, 3.8) is 0 Å². The first kappa shape index (κ1) is 10.6. The molecule has 0 aliphatic carbocycles. The standard InChI is InChI=1S/C12H24B2/c1-11(13-7-3-4-8-13)12(2)14-9-5-6-10-14/h11-12H,3-10H2,1-2H3. The average Bonchev–Trinajstić information content (AvgIpc) is 2.87. The molecule has 14 heavy (non-hydrogen) atoms. The van der Waals surface area contributed by atoms with E-state index in [1.807, 2.05) is 0 Å². The van der Waals surface area contributed by atoms with E-state index < -0.39 is 0 Å². The molecule has 2 unspecified atom stereocenters. The lowest BCUT2D eigenvalue weighted by Gasteiger charge is -2.27. The first-order valence-electron chi connectivity index (χ1n) is 6.79. The molecule has 0 aromatic carbocycles. The maximum atomic E-state index is 2.53. The molecule has 0 N–H and O–H groups in total. The SMILES string of the molecule is CC(B1CCCC1)C(C)B1CCCC1. The maximum Gasteiger partial charge on any atom is 0.142 e. The van der Waals surface area contributed by atoms with E-state index in [-0.39, 0.29) is 0 Å². The van der Waals surface area contributed by atoms with Gasteiger partial charge >= 0.3 is 0 Å².